The Morgan fingerprint density at radius 1 is 1.31 bits per heavy atom. The van der Waals surface area contributed by atoms with Crippen molar-refractivity contribution in [3.63, 3.8) is 0 Å². The third-order valence-corrected chi connectivity index (χ3v) is 2.48. The Labute approximate surface area is 95.3 Å². The largest absolute Gasteiger partial charge is 0.493 e. The molecule has 4 heteroatoms. The number of methoxy groups -OCH3 is 2. The predicted molar refractivity (Wildman–Crippen MR) is 61.6 cm³/mol. The molecule has 88 valence electrons. The lowest BCUT2D eigenvalue weighted by atomic mass is 10.0. The summed E-state index contributed by atoms with van der Waals surface area (Å²) in [6.07, 6.45) is 0.607. The molecular weight excluding hydrogens is 206 g/mol. The molecule has 4 nitrogen and oxygen atoms in total. The normalized spacial score (nSPS) is 11.9. The van der Waals surface area contributed by atoms with Gasteiger partial charge < -0.3 is 15.2 Å². The summed E-state index contributed by atoms with van der Waals surface area (Å²) < 4.78 is 10.3. The second-order valence-corrected chi connectivity index (χ2v) is 3.70. The highest BCUT2D eigenvalue weighted by Gasteiger charge is 2.11. The minimum atomic E-state index is -0.296. The fourth-order valence-electron chi connectivity index (χ4n) is 1.46. The van der Waals surface area contributed by atoms with Crippen LogP contribution in [0.2, 0.25) is 0 Å². The molecule has 1 atom stereocenters. The fraction of sp³-hybridized carbons (Fsp3) is 0.417. The molecule has 0 aliphatic rings. The van der Waals surface area contributed by atoms with Crippen LogP contribution in [0.4, 0.5) is 0 Å². The highest BCUT2D eigenvalue weighted by Crippen LogP contribution is 2.28. The Balaban J connectivity index is 2.86. The number of hydrogen-bond acceptors (Lipinski definition) is 3. The maximum atomic E-state index is 10.9. The van der Waals surface area contributed by atoms with Crippen LogP contribution in [-0.2, 0) is 11.2 Å². The van der Waals surface area contributed by atoms with Gasteiger partial charge in [-0.1, -0.05) is 13.0 Å². The Morgan fingerprint density at radius 2 is 1.94 bits per heavy atom. The lowest BCUT2D eigenvalue weighted by molar-refractivity contribution is -0.121. The van der Waals surface area contributed by atoms with Crippen LogP contribution in [0.3, 0.4) is 0 Å². The van der Waals surface area contributed by atoms with E-state index in [2.05, 4.69) is 0 Å². The van der Waals surface area contributed by atoms with E-state index in [1.54, 1.807) is 21.1 Å². The molecule has 0 fully saturated rings. The Hall–Kier alpha value is -1.71. The Bertz CT molecular complexity index is 377. The van der Waals surface area contributed by atoms with Crippen LogP contribution in [0.1, 0.15) is 12.5 Å². The number of primary amides is 1. The zero-order chi connectivity index (χ0) is 12.1. The van der Waals surface area contributed by atoms with E-state index >= 15 is 0 Å². The second-order valence-electron chi connectivity index (χ2n) is 3.70. The van der Waals surface area contributed by atoms with Gasteiger partial charge in [-0.25, -0.2) is 0 Å². The van der Waals surface area contributed by atoms with Gasteiger partial charge in [0.15, 0.2) is 11.5 Å². The van der Waals surface area contributed by atoms with Gasteiger partial charge in [-0.15, -0.1) is 0 Å². The first-order valence-corrected chi connectivity index (χ1v) is 5.08. The average molecular weight is 223 g/mol. The van der Waals surface area contributed by atoms with Gasteiger partial charge >= 0.3 is 0 Å². The molecule has 1 aromatic rings. The van der Waals surface area contributed by atoms with E-state index in [1.807, 2.05) is 18.2 Å². The SMILES string of the molecule is COc1ccc(C[C@@H](C)C(N)=O)cc1OC. The summed E-state index contributed by atoms with van der Waals surface area (Å²) in [6, 6.07) is 5.58. The lowest BCUT2D eigenvalue weighted by Gasteiger charge is -2.11. The fourth-order valence-corrected chi connectivity index (χ4v) is 1.46. The second kappa shape index (κ2) is 5.39. The highest BCUT2D eigenvalue weighted by molar-refractivity contribution is 5.76. The first kappa shape index (κ1) is 12.4. The van der Waals surface area contributed by atoms with Gasteiger partial charge in [0.05, 0.1) is 14.2 Å². The van der Waals surface area contributed by atoms with Gasteiger partial charge in [-0.3, -0.25) is 4.79 Å². The Kier molecular flexibility index (Phi) is 4.17. The zero-order valence-electron chi connectivity index (χ0n) is 9.82. The number of carbonyl (C=O) groups is 1. The number of benzene rings is 1. The van der Waals surface area contributed by atoms with Crippen molar-refractivity contribution in [1.29, 1.82) is 0 Å². The van der Waals surface area contributed by atoms with Crippen molar-refractivity contribution in [1.82, 2.24) is 0 Å². The number of ether oxygens (including phenoxy) is 2. The van der Waals surface area contributed by atoms with Gasteiger partial charge in [0, 0.05) is 5.92 Å². The van der Waals surface area contributed by atoms with Crippen molar-refractivity contribution in [2.75, 3.05) is 14.2 Å². The number of rotatable bonds is 5. The molecule has 0 spiro atoms. The van der Waals surface area contributed by atoms with E-state index in [-0.39, 0.29) is 11.8 Å². The summed E-state index contributed by atoms with van der Waals surface area (Å²) in [5.74, 6) is 0.863. The van der Waals surface area contributed by atoms with E-state index in [0.717, 1.165) is 5.56 Å². The highest BCUT2D eigenvalue weighted by atomic mass is 16.5. The number of carbonyl (C=O) groups excluding carboxylic acids is 1. The van der Waals surface area contributed by atoms with Crippen molar-refractivity contribution in [3.8, 4) is 11.5 Å². The average Bonchev–Trinajstić information content (AvgIpc) is 2.28. The first-order valence-electron chi connectivity index (χ1n) is 5.08. The van der Waals surface area contributed by atoms with E-state index in [9.17, 15) is 4.79 Å². The van der Waals surface area contributed by atoms with Crippen molar-refractivity contribution >= 4 is 5.91 Å². The lowest BCUT2D eigenvalue weighted by Crippen LogP contribution is -2.22. The van der Waals surface area contributed by atoms with Gasteiger partial charge in [0.2, 0.25) is 5.91 Å². The molecule has 0 radical (unpaired) electrons. The number of hydrogen-bond donors (Lipinski definition) is 1. The molecule has 0 bridgehead atoms. The minimum absolute atomic E-state index is 0.182. The van der Waals surface area contributed by atoms with Crippen LogP contribution in [-0.4, -0.2) is 20.1 Å². The summed E-state index contributed by atoms with van der Waals surface area (Å²) in [7, 11) is 3.17. The van der Waals surface area contributed by atoms with Crippen LogP contribution >= 0.6 is 0 Å². The monoisotopic (exact) mass is 223 g/mol. The van der Waals surface area contributed by atoms with Crippen molar-refractivity contribution in [2.24, 2.45) is 11.7 Å². The molecule has 0 aliphatic carbocycles. The van der Waals surface area contributed by atoms with Crippen LogP contribution in [0.5, 0.6) is 11.5 Å². The molecule has 0 heterocycles. The van der Waals surface area contributed by atoms with Crippen molar-refractivity contribution in [3.05, 3.63) is 23.8 Å². The quantitative estimate of drug-likeness (QED) is 0.820. The van der Waals surface area contributed by atoms with Crippen LogP contribution < -0.4 is 15.2 Å². The Morgan fingerprint density at radius 3 is 2.44 bits per heavy atom. The van der Waals surface area contributed by atoms with Gasteiger partial charge in [0.1, 0.15) is 0 Å². The molecule has 0 saturated carbocycles. The summed E-state index contributed by atoms with van der Waals surface area (Å²) in [4.78, 5) is 10.9. The van der Waals surface area contributed by atoms with E-state index in [1.165, 1.54) is 0 Å². The number of amides is 1. The smallest absolute Gasteiger partial charge is 0.220 e. The molecular formula is C12H17NO3. The number of nitrogens with two attached hydrogens (primary N) is 1. The van der Waals surface area contributed by atoms with Crippen LogP contribution in [0, 0.1) is 5.92 Å². The van der Waals surface area contributed by atoms with Crippen LogP contribution in [0.25, 0.3) is 0 Å². The molecule has 0 saturated heterocycles. The van der Waals surface area contributed by atoms with Gasteiger partial charge in [0.25, 0.3) is 0 Å². The topological polar surface area (TPSA) is 61.5 Å². The summed E-state index contributed by atoms with van der Waals surface area (Å²) in [5, 5.41) is 0. The van der Waals surface area contributed by atoms with Crippen molar-refractivity contribution < 1.29 is 14.3 Å². The maximum absolute atomic E-state index is 10.9. The van der Waals surface area contributed by atoms with Crippen LogP contribution in [0.15, 0.2) is 18.2 Å². The molecule has 1 amide bonds. The molecule has 1 rings (SSSR count). The van der Waals surface area contributed by atoms with E-state index in [0.29, 0.717) is 17.9 Å². The summed E-state index contributed by atoms with van der Waals surface area (Å²) in [6.45, 7) is 1.80. The first-order chi connectivity index (χ1) is 7.58. The standard InChI is InChI=1S/C12H17NO3/c1-8(12(13)14)6-9-4-5-10(15-2)11(7-9)16-3/h4-5,7-8H,6H2,1-3H3,(H2,13,14)/t8-/m1/s1. The van der Waals surface area contributed by atoms with E-state index in [4.69, 9.17) is 15.2 Å². The van der Waals surface area contributed by atoms with Gasteiger partial charge in [-0.2, -0.15) is 0 Å². The maximum Gasteiger partial charge on any atom is 0.220 e. The molecule has 16 heavy (non-hydrogen) atoms. The minimum Gasteiger partial charge on any atom is -0.493 e. The van der Waals surface area contributed by atoms with Gasteiger partial charge in [-0.05, 0) is 24.1 Å². The molecule has 2 N–H and O–H groups in total. The van der Waals surface area contributed by atoms with E-state index < -0.39 is 0 Å². The van der Waals surface area contributed by atoms with Crippen molar-refractivity contribution in [2.45, 2.75) is 13.3 Å². The third kappa shape index (κ3) is 2.89. The zero-order valence-corrected chi connectivity index (χ0v) is 9.82. The third-order valence-electron chi connectivity index (χ3n) is 2.48. The summed E-state index contributed by atoms with van der Waals surface area (Å²) >= 11 is 0. The molecule has 1 aromatic carbocycles. The molecule has 0 aliphatic heterocycles. The summed E-state index contributed by atoms with van der Waals surface area (Å²) in [5.41, 5.74) is 6.22. The molecule has 0 unspecified atom stereocenters. The molecule has 0 aromatic heterocycles. The predicted octanol–water partition coefficient (Wildman–Crippen LogP) is 1.37.